The zero-order valence-electron chi connectivity index (χ0n) is 13.1. The lowest BCUT2D eigenvalue weighted by atomic mass is 10.3. The van der Waals surface area contributed by atoms with Crippen LogP contribution in [0.1, 0.15) is 12.8 Å². The molecule has 1 aliphatic heterocycles. The summed E-state index contributed by atoms with van der Waals surface area (Å²) in [5.74, 6) is -0.0359. The van der Waals surface area contributed by atoms with E-state index >= 15 is 0 Å². The summed E-state index contributed by atoms with van der Waals surface area (Å²) in [7, 11) is 0. The van der Waals surface area contributed by atoms with Crippen molar-refractivity contribution in [2.24, 2.45) is 0 Å². The zero-order valence-corrected chi connectivity index (χ0v) is 13.1. The van der Waals surface area contributed by atoms with Gasteiger partial charge < -0.3 is 4.90 Å². The number of fused-ring (bicyclic) bond motifs is 1. The van der Waals surface area contributed by atoms with Crippen molar-refractivity contribution < 1.29 is 4.79 Å². The van der Waals surface area contributed by atoms with Crippen molar-refractivity contribution in [1.29, 1.82) is 0 Å². The average Bonchev–Trinajstić information content (AvgIpc) is 3.28. The molecule has 0 spiro atoms. The number of para-hydroxylation sites is 1. The summed E-state index contributed by atoms with van der Waals surface area (Å²) in [6.45, 7) is 1.57. The number of benzene rings is 1. The van der Waals surface area contributed by atoms with Crippen LogP contribution in [0.3, 0.4) is 0 Å². The Morgan fingerprint density at radius 3 is 2.62 bits per heavy atom. The normalized spacial score (nSPS) is 14.4. The molecule has 0 unspecified atom stereocenters. The second-order valence-electron chi connectivity index (χ2n) is 5.89. The maximum atomic E-state index is 12.6. The van der Waals surface area contributed by atoms with E-state index in [1.165, 1.54) is 17.1 Å². The van der Waals surface area contributed by atoms with E-state index in [4.69, 9.17) is 0 Å². The molecule has 1 amide bonds. The number of aromatic nitrogens is 4. The van der Waals surface area contributed by atoms with E-state index in [2.05, 4.69) is 10.1 Å². The molecule has 4 rings (SSSR count). The number of amides is 1. The predicted molar refractivity (Wildman–Crippen MR) is 88.9 cm³/mol. The first-order valence-electron chi connectivity index (χ1n) is 8.00. The van der Waals surface area contributed by atoms with Crippen LogP contribution in [-0.2, 0) is 11.3 Å². The second kappa shape index (κ2) is 5.92. The van der Waals surface area contributed by atoms with Gasteiger partial charge in [0, 0.05) is 13.1 Å². The molecule has 0 atom stereocenters. The molecule has 1 fully saturated rings. The standard InChI is InChI=1S/C17H17N5O2/c23-15(20-8-4-5-9-20)11-21-12-18-16-14(17(21)24)10-19-22(16)13-6-2-1-3-7-13/h1-3,6-7,10,12H,4-5,8-9,11H2. The predicted octanol–water partition coefficient (Wildman–Crippen LogP) is 1.20. The van der Waals surface area contributed by atoms with Gasteiger partial charge in [-0.25, -0.2) is 9.67 Å². The molecule has 3 heterocycles. The lowest BCUT2D eigenvalue weighted by Crippen LogP contribution is -2.34. The van der Waals surface area contributed by atoms with Crippen molar-refractivity contribution in [1.82, 2.24) is 24.2 Å². The minimum atomic E-state index is -0.241. The molecule has 3 aromatic rings. The van der Waals surface area contributed by atoms with Gasteiger partial charge in [-0.05, 0) is 25.0 Å². The van der Waals surface area contributed by atoms with E-state index < -0.39 is 0 Å². The monoisotopic (exact) mass is 323 g/mol. The van der Waals surface area contributed by atoms with Gasteiger partial charge in [0.05, 0.1) is 11.9 Å². The summed E-state index contributed by atoms with van der Waals surface area (Å²) in [6, 6.07) is 9.52. The van der Waals surface area contributed by atoms with Gasteiger partial charge >= 0.3 is 0 Å². The van der Waals surface area contributed by atoms with Crippen LogP contribution in [0, 0.1) is 0 Å². The van der Waals surface area contributed by atoms with Crippen molar-refractivity contribution in [3.8, 4) is 5.69 Å². The molecule has 0 aliphatic carbocycles. The molecule has 1 aliphatic rings. The van der Waals surface area contributed by atoms with Crippen molar-refractivity contribution in [2.45, 2.75) is 19.4 Å². The number of hydrogen-bond acceptors (Lipinski definition) is 4. The summed E-state index contributed by atoms with van der Waals surface area (Å²) in [4.78, 5) is 31.0. The van der Waals surface area contributed by atoms with Crippen LogP contribution >= 0.6 is 0 Å². The number of rotatable bonds is 3. The van der Waals surface area contributed by atoms with Crippen LogP contribution in [0.15, 0.2) is 47.7 Å². The maximum absolute atomic E-state index is 12.6. The van der Waals surface area contributed by atoms with E-state index in [1.54, 1.807) is 9.58 Å². The third kappa shape index (κ3) is 2.47. The van der Waals surface area contributed by atoms with Crippen LogP contribution in [-0.4, -0.2) is 43.2 Å². The molecule has 0 radical (unpaired) electrons. The lowest BCUT2D eigenvalue weighted by molar-refractivity contribution is -0.130. The highest BCUT2D eigenvalue weighted by molar-refractivity contribution is 5.78. The van der Waals surface area contributed by atoms with Crippen LogP contribution in [0.25, 0.3) is 16.7 Å². The van der Waals surface area contributed by atoms with Crippen molar-refractivity contribution >= 4 is 16.9 Å². The van der Waals surface area contributed by atoms with Crippen LogP contribution < -0.4 is 5.56 Å². The van der Waals surface area contributed by atoms with Crippen LogP contribution in [0.5, 0.6) is 0 Å². The maximum Gasteiger partial charge on any atom is 0.264 e. The molecule has 0 N–H and O–H groups in total. The molecule has 122 valence electrons. The SMILES string of the molecule is O=C(Cn1cnc2c(cnn2-c2ccccc2)c1=O)N1CCCC1. The Morgan fingerprint density at radius 1 is 1.12 bits per heavy atom. The molecule has 2 aromatic heterocycles. The fraction of sp³-hybridized carbons (Fsp3) is 0.294. The Bertz CT molecular complexity index is 939. The third-order valence-corrected chi connectivity index (χ3v) is 4.32. The van der Waals surface area contributed by atoms with Gasteiger partial charge in [0.2, 0.25) is 5.91 Å². The quantitative estimate of drug-likeness (QED) is 0.726. The summed E-state index contributed by atoms with van der Waals surface area (Å²) < 4.78 is 2.99. The van der Waals surface area contributed by atoms with Gasteiger partial charge in [0.1, 0.15) is 18.3 Å². The van der Waals surface area contributed by atoms with Gasteiger partial charge in [-0.15, -0.1) is 0 Å². The first-order valence-corrected chi connectivity index (χ1v) is 8.00. The molecule has 0 bridgehead atoms. The van der Waals surface area contributed by atoms with E-state index in [0.717, 1.165) is 31.6 Å². The third-order valence-electron chi connectivity index (χ3n) is 4.32. The highest BCUT2D eigenvalue weighted by atomic mass is 16.2. The second-order valence-corrected chi connectivity index (χ2v) is 5.89. The summed E-state index contributed by atoms with van der Waals surface area (Å²) in [6.07, 6.45) is 5.00. The van der Waals surface area contributed by atoms with Crippen LogP contribution in [0.2, 0.25) is 0 Å². The van der Waals surface area contributed by atoms with Crippen molar-refractivity contribution in [2.75, 3.05) is 13.1 Å². The fourth-order valence-corrected chi connectivity index (χ4v) is 3.03. The lowest BCUT2D eigenvalue weighted by Gasteiger charge is -2.15. The van der Waals surface area contributed by atoms with Crippen molar-refractivity contribution in [3.05, 3.63) is 53.2 Å². The summed E-state index contributed by atoms with van der Waals surface area (Å²) >= 11 is 0. The van der Waals surface area contributed by atoms with E-state index in [-0.39, 0.29) is 18.0 Å². The minimum Gasteiger partial charge on any atom is -0.341 e. The van der Waals surface area contributed by atoms with Gasteiger partial charge in [-0.1, -0.05) is 18.2 Å². The molecule has 24 heavy (non-hydrogen) atoms. The Morgan fingerprint density at radius 2 is 1.88 bits per heavy atom. The first kappa shape index (κ1) is 14.6. The number of hydrogen-bond donors (Lipinski definition) is 0. The zero-order chi connectivity index (χ0) is 16.5. The number of carbonyl (C=O) groups excluding carboxylic acids is 1. The van der Waals surface area contributed by atoms with Gasteiger partial charge in [-0.2, -0.15) is 5.10 Å². The summed E-state index contributed by atoms with van der Waals surface area (Å²) in [5, 5.41) is 4.68. The first-order chi connectivity index (χ1) is 11.7. The minimum absolute atomic E-state index is 0.0261. The van der Waals surface area contributed by atoms with E-state index in [1.807, 2.05) is 30.3 Å². The number of carbonyl (C=O) groups is 1. The molecule has 0 saturated carbocycles. The number of nitrogens with zero attached hydrogens (tertiary/aromatic N) is 5. The number of likely N-dealkylation sites (tertiary alicyclic amines) is 1. The Kier molecular flexibility index (Phi) is 3.60. The highest BCUT2D eigenvalue weighted by Crippen LogP contribution is 2.13. The fourth-order valence-electron chi connectivity index (χ4n) is 3.03. The Hall–Kier alpha value is -2.96. The van der Waals surface area contributed by atoms with E-state index in [0.29, 0.717) is 11.0 Å². The molecular formula is C17H17N5O2. The van der Waals surface area contributed by atoms with Crippen LogP contribution in [0.4, 0.5) is 0 Å². The Balaban J connectivity index is 1.69. The topological polar surface area (TPSA) is 73.0 Å². The molecule has 1 aromatic carbocycles. The Labute approximate surface area is 138 Å². The van der Waals surface area contributed by atoms with E-state index in [9.17, 15) is 9.59 Å². The smallest absolute Gasteiger partial charge is 0.264 e. The summed E-state index contributed by atoms with van der Waals surface area (Å²) in [5.41, 5.74) is 1.09. The molecule has 1 saturated heterocycles. The van der Waals surface area contributed by atoms with Crippen molar-refractivity contribution in [3.63, 3.8) is 0 Å². The molecule has 7 nitrogen and oxygen atoms in total. The molecule has 7 heteroatoms. The highest BCUT2D eigenvalue weighted by Gasteiger charge is 2.19. The van der Waals surface area contributed by atoms with Gasteiger partial charge in [-0.3, -0.25) is 14.2 Å². The largest absolute Gasteiger partial charge is 0.341 e. The van der Waals surface area contributed by atoms with Gasteiger partial charge in [0.25, 0.3) is 5.56 Å². The molecular weight excluding hydrogens is 306 g/mol. The average molecular weight is 323 g/mol. The van der Waals surface area contributed by atoms with Gasteiger partial charge in [0.15, 0.2) is 5.65 Å².